The molecule has 1 heterocycles. The molecule has 1 saturated carbocycles. The van der Waals surface area contributed by atoms with E-state index in [0.29, 0.717) is 15.8 Å². The Balaban J connectivity index is 1.75. The van der Waals surface area contributed by atoms with Crippen LogP contribution in [0.15, 0.2) is 58.4 Å². The molecule has 31 heavy (non-hydrogen) atoms. The predicted octanol–water partition coefficient (Wildman–Crippen LogP) is 5.85. The standard InChI is InChI=1S/C24H23FN2O3S/c1-15(16-10-12-18(25)13-11-16)21-22(28)27(20-8-3-2-4-9-20)24(31-21)26-19-7-5-6-17(14-19)23(29)30/h5-7,10-14,20H,2-4,8-9H2,1H3,(H,29,30)/b21-15-,26-24?. The summed E-state index contributed by atoms with van der Waals surface area (Å²) in [5, 5.41) is 9.84. The molecule has 1 aliphatic carbocycles. The van der Waals surface area contributed by atoms with Crippen LogP contribution in [0, 0.1) is 5.82 Å². The minimum atomic E-state index is -1.02. The third-order valence-corrected chi connectivity index (χ3v) is 6.84. The van der Waals surface area contributed by atoms with Gasteiger partial charge in [-0.05, 0) is 73.0 Å². The summed E-state index contributed by atoms with van der Waals surface area (Å²) in [6, 6.07) is 12.6. The van der Waals surface area contributed by atoms with E-state index in [0.717, 1.165) is 43.2 Å². The van der Waals surface area contributed by atoms with E-state index in [-0.39, 0.29) is 23.3 Å². The second-order valence-electron chi connectivity index (χ2n) is 7.78. The van der Waals surface area contributed by atoms with Gasteiger partial charge in [0.15, 0.2) is 5.17 Å². The topological polar surface area (TPSA) is 70.0 Å². The van der Waals surface area contributed by atoms with Crippen LogP contribution in [-0.2, 0) is 4.79 Å². The zero-order valence-corrected chi connectivity index (χ0v) is 18.0. The normalized spacial score (nSPS) is 20.4. The van der Waals surface area contributed by atoms with Crippen molar-refractivity contribution in [2.75, 3.05) is 0 Å². The molecule has 0 radical (unpaired) electrons. The van der Waals surface area contributed by atoms with Crippen LogP contribution >= 0.6 is 11.8 Å². The monoisotopic (exact) mass is 438 g/mol. The van der Waals surface area contributed by atoms with Gasteiger partial charge in [-0.1, -0.05) is 37.5 Å². The number of carboxylic acid groups (broad SMARTS) is 1. The maximum atomic E-state index is 13.5. The lowest BCUT2D eigenvalue weighted by Crippen LogP contribution is -2.40. The van der Waals surface area contributed by atoms with Crippen LogP contribution in [0.4, 0.5) is 10.1 Å². The molecule has 1 saturated heterocycles. The molecule has 2 aliphatic rings. The van der Waals surface area contributed by atoms with Gasteiger partial charge in [-0.3, -0.25) is 9.69 Å². The highest BCUT2D eigenvalue weighted by Gasteiger charge is 2.39. The van der Waals surface area contributed by atoms with Gasteiger partial charge in [-0.2, -0.15) is 0 Å². The Kier molecular flexibility index (Phi) is 6.23. The lowest BCUT2D eigenvalue weighted by atomic mass is 9.94. The molecule has 7 heteroatoms. The minimum absolute atomic E-state index is 0.0775. The zero-order chi connectivity index (χ0) is 22.0. The number of amidine groups is 1. The van der Waals surface area contributed by atoms with Gasteiger partial charge in [-0.25, -0.2) is 14.2 Å². The summed E-state index contributed by atoms with van der Waals surface area (Å²) in [6.45, 7) is 1.86. The van der Waals surface area contributed by atoms with Crippen LogP contribution in [-0.4, -0.2) is 33.1 Å². The minimum Gasteiger partial charge on any atom is -0.478 e. The second-order valence-corrected chi connectivity index (χ2v) is 8.76. The van der Waals surface area contributed by atoms with E-state index in [9.17, 15) is 19.1 Å². The van der Waals surface area contributed by atoms with E-state index < -0.39 is 5.97 Å². The number of hydrogen-bond acceptors (Lipinski definition) is 4. The SMILES string of the molecule is C/C(=C1/SC(=Nc2cccc(C(=O)O)c2)N(C2CCCCC2)C1=O)c1ccc(F)cc1. The molecule has 2 aromatic carbocycles. The average molecular weight is 439 g/mol. The van der Waals surface area contributed by atoms with Crippen LogP contribution in [0.2, 0.25) is 0 Å². The Hall–Kier alpha value is -2.93. The van der Waals surface area contributed by atoms with Crippen molar-refractivity contribution in [3.63, 3.8) is 0 Å². The number of amides is 1. The van der Waals surface area contributed by atoms with Crippen molar-refractivity contribution < 1.29 is 19.1 Å². The van der Waals surface area contributed by atoms with Gasteiger partial charge in [0.2, 0.25) is 0 Å². The number of hydrogen-bond donors (Lipinski definition) is 1. The van der Waals surface area contributed by atoms with Crippen molar-refractivity contribution >= 4 is 40.1 Å². The number of carbonyl (C=O) groups excluding carboxylic acids is 1. The number of thioether (sulfide) groups is 1. The highest BCUT2D eigenvalue weighted by molar-refractivity contribution is 8.18. The first kappa shape index (κ1) is 21.3. The molecule has 160 valence electrons. The summed E-state index contributed by atoms with van der Waals surface area (Å²) < 4.78 is 13.3. The number of benzene rings is 2. The fraction of sp³-hybridized carbons (Fsp3) is 0.292. The van der Waals surface area contributed by atoms with Crippen molar-refractivity contribution in [1.82, 2.24) is 4.90 Å². The first-order chi connectivity index (χ1) is 14.9. The number of halogens is 1. The fourth-order valence-corrected chi connectivity index (χ4v) is 5.13. The van der Waals surface area contributed by atoms with E-state index in [2.05, 4.69) is 4.99 Å². The van der Waals surface area contributed by atoms with Crippen LogP contribution in [0.25, 0.3) is 5.57 Å². The van der Waals surface area contributed by atoms with Gasteiger partial charge < -0.3 is 5.11 Å². The van der Waals surface area contributed by atoms with Crippen LogP contribution < -0.4 is 0 Å². The second kappa shape index (κ2) is 9.06. The molecule has 2 aromatic rings. The van der Waals surface area contributed by atoms with Gasteiger partial charge in [0, 0.05) is 6.04 Å². The Labute approximate surface area is 184 Å². The van der Waals surface area contributed by atoms with E-state index in [1.807, 2.05) is 6.92 Å². The summed E-state index contributed by atoms with van der Waals surface area (Å²) in [5.41, 5.74) is 2.21. The number of carboxylic acids is 1. The molecule has 4 rings (SSSR count). The molecule has 0 bridgehead atoms. The summed E-state index contributed by atoms with van der Waals surface area (Å²) in [5.74, 6) is -1.43. The molecule has 1 amide bonds. The van der Waals surface area contributed by atoms with Gasteiger partial charge >= 0.3 is 5.97 Å². The lowest BCUT2D eigenvalue weighted by Gasteiger charge is -2.30. The largest absolute Gasteiger partial charge is 0.478 e. The number of nitrogens with zero attached hydrogens (tertiary/aromatic N) is 2. The molecule has 0 atom stereocenters. The van der Waals surface area contributed by atoms with E-state index in [1.165, 1.54) is 36.0 Å². The smallest absolute Gasteiger partial charge is 0.335 e. The predicted molar refractivity (Wildman–Crippen MR) is 121 cm³/mol. The van der Waals surface area contributed by atoms with E-state index >= 15 is 0 Å². The van der Waals surface area contributed by atoms with Crippen molar-refractivity contribution in [2.45, 2.75) is 45.1 Å². The zero-order valence-electron chi connectivity index (χ0n) is 17.2. The Bertz CT molecular complexity index is 1070. The van der Waals surface area contributed by atoms with Crippen molar-refractivity contribution in [1.29, 1.82) is 0 Å². The van der Waals surface area contributed by atoms with E-state index in [4.69, 9.17) is 0 Å². The van der Waals surface area contributed by atoms with Gasteiger partial charge in [0.05, 0.1) is 16.2 Å². The lowest BCUT2D eigenvalue weighted by molar-refractivity contribution is -0.124. The molecule has 1 aliphatic heterocycles. The fourth-order valence-electron chi connectivity index (χ4n) is 4.01. The number of carbonyl (C=O) groups is 2. The summed E-state index contributed by atoms with van der Waals surface area (Å²) >= 11 is 1.30. The van der Waals surface area contributed by atoms with Crippen molar-refractivity contribution in [2.24, 2.45) is 4.99 Å². The highest BCUT2D eigenvalue weighted by atomic mass is 32.2. The Morgan fingerprint density at radius 3 is 2.48 bits per heavy atom. The molecule has 2 fully saturated rings. The first-order valence-corrected chi connectivity index (χ1v) is 11.2. The van der Waals surface area contributed by atoms with Crippen LogP contribution in [0.3, 0.4) is 0 Å². The Morgan fingerprint density at radius 1 is 1.10 bits per heavy atom. The maximum absolute atomic E-state index is 13.5. The third kappa shape index (κ3) is 4.56. The average Bonchev–Trinajstić information content (AvgIpc) is 3.10. The van der Waals surface area contributed by atoms with Gasteiger partial charge in [-0.15, -0.1) is 0 Å². The first-order valence-electron chi connectivity index (χ1n) is 10.3. The van der Waals surface area contributed by atoms with Gasteiger partial charge in [0.1, 0.15) is 5.82 Å². The number of aliphatic imine (C=N–C) groups is 1. The maximum Gasteiger partial charge on any atom is 0.335 e. The molecular weight excluding hydrogens is 415 g/mol. The van der Waals surface area contributed by atoms with Crippen LogP contribution in [0.5, 0.6) is 0 Å². The number of aromatic carboxylic acids is 1. The summed E-state index contributed by atoms with van der Waals surface area (Å²) in [4.78, 5) is 31.8. The Morgan fingerprint density at radius 2 is 1.81 bits per heavy atom. The molecule has 5 nitrogen and oxygen atoms in total. The number of allylic oxidation sites excluding steroid dienone is 1. The molecule has 0 aromatic heterocycles. The molecule has 0 unspecified atom stereocenters. The third-order valence-electron chi connectivity index (χ3n) is 5.69. The number of rotatable bonds is 4. The van der Waals surface area contributed by atoms with Crippen molar-refractivity contribution in [3.8, 4) is 0 Å². The quantitative estimate of drug-likeness (QED) is 0.608. The molecule has 1 N–H and O–H groups in total. The van der Waals surface area contributed by atoms with E-state index in [1.54, 1.807) is 29.2 Å². The van der Waals surface area contributed by atoms with Crippen LogP contribution in [0.1, 0.15) is 54.9 Å². The molecular formula is C24H23FN2O3S. The molecule has 0 spiro atoms. The summed E-state index contributed by atoms with van der Waals surface area (Å²) in [7, 11) is 0. The highest BCUT2D eigenvalue weighted by Crippen LogP contribution is 2.41. The summed E-state index contributed by atoms with van der Waals surface area (Å²) in [6.07, 6.45) is 5.14. The van der Waals surface area contributed by atoms with Crippen molar-refractivity contribution in [3.05, 3.63) is 70.4 Å². The van der Waals surface area contributed by atoms with Gasteiger partial charge in [0.25, 0.3) is 5.91 Å².